The standard InChI is InChI=1S/C15H13N5O2S/c1-22-13-6-8(2-3-9(13)16)10-4-5-11(20-19-10)15-18-12(7-23-15)14(17)21/h2-7H,16H2,1H3,(H2,17,21). The van der Waals surface area contributed by atoms with Crippen LogP contribution in [-0.4, -0.2) is 28.2 Å². The fraction of sp³-hybridized carbons (Fsp3) is 0.0667. The number of anilines is 1. The van der Waals surface area contributed by atoms with Gasteiger partial charge in [-0.15, -0.1) is 21.5 Å². The molecule has 2 aromatic heterocycles. The van der Waals surface area contributed by atoms with E-state index in [0.717, 1.165) is 5.56 Å². The van der Waals surface area contributed by atoms with Gasteiger partial charge in [0.25, 0.3) is 5.91 Å². The van der Waals surface area contributed by atoms with Gasteiger partial charge in [-0.05, 0) is 24.3 Å². The van der Waals surface area contributed by atoms with Crippen molar-refractivity contribution < 1.29 is 9.53 Å². The van der Waals surface area contributed by atoms with E-state index < -0.39 is 5.91 Å². The van der Waals surface area contributed by atoms with Crippen LogP contribution in [0.5, 0.6) is 5.75 Å². The zero-order valence-electron chi connectivity index (χ0n) is 12.2. The lowest BCUT2D eigenvalue weighted by Crippen LogP contribution is -2.11. The summed E-state index contributed by atoms with van der Waals surface area (Å²) in [4.78, 5) is 15.2. The second-order valence-electron chi connectivity index (χ2n) is 4.66. The number of carbonyl (C=O) groups excluding carboxylic acids is 1. The molecule has 3 aromatic rings. The number of thiazole rings is 1. The van der Waals surface area contributed by atoms with Crippen molar-refractivity contribution in [2.24, 2.45) is 5.73 Å². The van der Waals surface area contributed by atoms with Gasteiger partial charge in [0.15, 0.2) is 0 Å². The van der Waals surface area contributed by atoms with Crippen molar-refractivity contribution in [1.29, 1.82) is 0 Å². The smallest absolute Gasteiger partial charge is 0.268 e. The number of nitrogens with zero attached hydrogens (tertiary/aromatic N) is 3. The number of amides is 1. The largest absolute Gasteiger partial charge is 0.495 e. The summed E-state index contributed by atoms with van der Waals surface area (Å²) in [7, 11) is 1.56. The van der Waals surface area contributed by atoms with Gasteiger partial charge in [0.05, 0.1) is 18.5 Å². The first-order chi connectivity index (χ1) is 11.1. The molecule has 1 amide bonds. The van der Waals surface area contributed by atoms with Crippen molar-refractivity contribution in [1.82, 2.24) is 15.2 Å². The maximum Gasteiger partial charge on any atom is 0.268 e. The van der Waals surface area contributed by atoms with Crippen LogP contribution in [0.3, 0.4) is 0 Å². The number of hydrogen-bond donors (Lipinski definition) is 2. The predicted molar refractivity (Wildman–Crippen MR) is 88.1 cm³/mol. The first-order valence-corrected chi connectivity index (χ1v) is 7.50. The van der Waals surface area contributed by atoms with Crippen LogP contribution < -0.4 is 16.2 Å². The zero-order valence-corrected chi connectivity index (χ0v) is 13.0. The number of rotatable bonds is 4. The molecule has 0 radical (unpaired) electrons. The van der Waals surface area contributed by atoms with Crippen molar-refractivity contribution in [3.63, 3.8) is 0 Å². The Morgan fingerprint density at radius 2 is 1.91 bits per heavy atom. The van der Waals surface area contributed by atoms with E-state index in [0.29, 0.717) is 27.8 Å². The van der Waals surface area contributed by atoms with Gasteiger partial charge in [-0.25, -0.2) is 4.98 Å². The predicted octanol–water partition coefficient (Wildman–Crippen LogP) is 1.96. The molecule has 0 unspecified atom stereocenters. The Kier molecular flexibility index (Phi) is 3.90. The maximum absolute atomic E-state index is 11.1. The molecule has 8 heteroatoms. The monoisotopic (exact) mass is 327 g/mol. The highest BCUT2D eigenvalue weighted by Crippen LogP contribution is 2.28. The summed E-state index contributed by atoms with van der Waals surface area (Å²) in [5.41, 5.74) is 13.9. The minimum atomic E-state index is -0.564. The molecule has 0 aliphatic carbocycles. The van der Waals surface area contributed by atoms with Crippen LogP contribution in [-0.2, 0) is 0 Å². The van der Waals surface area contributed by atoms with Crippen molar-refractivity contribution >= 4 is 22.9 Å². The number of primary amides is 1. The minimum Gasteiger partial charge on any atom is -0.495 e. The number of nitrogens with two attached hydrogens (primary N) is 2. The number of methoxy groups -OCH3 is 1. The summed E-state index contributed by atoms with van der Waals surface area (Å²) in [6, 6.07) is 9.00. The number of benzene rings is 1. The van der Waals surface area contributed by atoms with Crippen LogP contribution in [0.25, 0.3) is 22.0 Å². The fourth-order valence-electron chi connectivity index (χ4n) is 1.98. The molecule has 4 N–H and O–H groups in total. The van der Waals surface area contributed by atoms with E-state index in [1.807, 2.05) is 12.1 Å². The van der Waals surface area contributed by atoms with Gasteiger partial charge in [-0.1, -0.05) is 6.07 Å². The fourth-order valence-corrected chi connectivity index (χ4v) is 2.75. The molecular weight excluding hydrogens is 314 g/mol. The Morgan fingerprint density at radius 3 is 2.52 bits per heavy atom. The Bertz CT molecular complexity index is 861. The quantitative estimate of drug-likeness (QED) is 0.707. The summed E-state index contributed by atoms with van der Waals surface area (Å²) in [6.45, 7) is 0. The maximum atomic E-state index is 11.1. The van der Waals surface area contributed by atoms with Gasteiger partial charge in [0.2, 0.25) is 0 Å². The van der Waals surface area contributed by atoms with Crippen LogP contribution >= 0.6 is 11.3 Å². The molecule has 2 heterocycles. The highest BCUT2D eigenvalue weighted by atomic mass is 32.1. The van der Waals surface area contributed by atoms with E-state index in [-0.39, 0.29) is 5.69 Å². The average Bonchev–Trinajstić information content (AvgIpc) is 3.06. The molecule has 0 spiro atoms. The third-order valence-corrected chi connectivity index (χ3v) is 4.03. The molecule has 3 rings (SSSR count). The van der Waals surface area contributed by atoms with Gasteiger partial charge in [-0.3, -0.25) is 4.79 Å². The van der Waals surface area contributed by atoms with Crippen molar-refractivity contribution in [2.45, 2.75) is 0 Å². The van der Waals surface area contributed by atoms with Crippen molar-refractivity contribution in [3.8, 4) is 27.7 Å². The number of ether oxygens (including phenoxy) is 1. The summed E-state index contributed by atoms with van der Waals surface area (Å²) in [6.07, 6.45) is 0. The van der Waals surface area contributed by atoms with Crippen molar-refractivity contribution in [2.75, 3.05) is 12.8 Å². The topological polar surface area (TPSA) is 117 Å². The molecule has 116 valence electrons. The molecule has 0 saturated carbocycles. The molecule has 0 bridgehead atoms. The summed E-state index contributed by atoms with van der Waals surface area (Å²) in [5, 5.41) is 10.5. The summed E-state index contributed by atoms with van der Waals surface area (Å²) in [5.74, 6) is 0.0189. The van der Waals surface area contributed by atoms with E-state index in [9.17, 15) is 4.79 Å². The van der Waals surface area contributed by atoms with Gasteiger partial charge in [-0.2, -0.15) is 0 Å². The Hall–Kier alpha value is -3.00. The molecule has 0 fully saturated rings. The molecule has 23 heavy (non-hydrogen) atoms. The average molecular weight is 327 g/mol. The van der Waals surface area contributed by atoms with Gasteiger partial charge >= 0.3 is 0 Å². The van der Waals surface area contributed by atoms with Crippen LogP contribution in [0, 0.1) is 0 Å². The first kappa shape index (κ1) is 14.9. The SMILES string of the molecule is COc1cc(-c2ccc(-c3nc(C(N)=O)cs3)nn2)ccc1N. The van der Waals surface area contributed by atoms with Gasteiger partial charge < -0.3 is 16.2 Å². The Balaban J connectivity index is 1.91. The third kappa shape index (κ3) is 2.97. The lowest BCUT2D eigenvalue weighted by Gasteiger charge is -2.07. The highest BCUT2D eigenvalue weighted by molar-refractivity contribution is 7.13. The van der Waals surface area contributed by atoms with E-state index in [2.05, 4.69) is 15.2 Å². The molecular formula is C15H13N5O2S. The van der Waals surface area contributed by atoms with Crippen LogP contribution in [0.1, 0.15) is 10.5 Å². The van der Waals surface area contributed by atoms with E-state index >= 15 is 0 Å². The molecule has 7 nitrogen and oxygen atoms in total. The number of hydrogen-bond acceptors (Lipinski definition) is 7. The number of carbonyl (C=O) groups is 1. The molecule has 0 atom stereocenters. The molecule has 0 aliphatic rings. The minimum absolute atomic E-state index is 0.221. The van der Waals surface area contributed by atoms with E-state index in [4.69, 9.17) is 16.2 Å². The zero-order chi connectivity index (χ0) is 16.4. The summed E-state index contributed by atoms with van der Waals surface area (Å²) >= 11 is 1.29. The summed E-state index contributed by atoms with van der Waals surface area (Å²) < 4.78 is 5.20. The first-order valence-electron chi connectivity index (χ1n) is 6.62. The van der Waals surface area contributed by atoms with Gasteiger partial charge in [0.1, 0.15) is 22.1 Å². The van der Waals surface area contributed by atoms with Crippen LogP contribution in [0.2, 0.25) is 0 Å². The number of aromatic nitrogens is 3. The van der Waals surface area contributed by atoms with Crippen molar-refractivity contribution in [3.05, 3.63) is 41.4 Å². The Labute approximate surface area is 135 Å². The van der Waals surface area contributed by atoms with Crippen LogP contribution in [0.15, 0.2) is 35.7 Å². The normalized spacial score (nSPS) is 10.5. The number of nitrogen functional groups attached to an aromatic ring is 1. The molecule has 0 saturated heterocycles. The van der Waals surface area contributed by atoms with Crippen LogP contribution in [0.4, 0.5) is 5.69 Å². The molecule has 1 aromatic carbocycles. The highest BCUT2D eigenvalue weighted by Gasteiger charge is 2.11. The second kappa shape index (κ2) is 6.01. The third-order valence-electron chi connectivity index (χ3n) is 3.17. The lowest BCUT2D eigenvalue weighted by molar-refractivity contribution is 0.0996. The Morgan fingerprint density at radius 1 is 1.17 bits per heavy atom. The molecule has 0 aliphatic heterocycles. The lowest BCUT2D eigenvalue weighted by atomic mass is 10.1. The van der Waals surface area contributed by atoms with E-state index in [1.54, 1.807) is 30.7 Å². The van der Waals surface area contributed by atoms with Gasteiger partial charge in [0, 0.05) is 10.9 Å². The second-order valence-corrected chi connectivity index (χ2v) is 5.52. The van der Waals surface area contributed by atoms with E-state index in [1.165, 1.54) is 11.3 Å².